The molecule has 5 nitrogen and oxygen atoms in total. The fraction of sp³-hybridized carbons (Fsp3) is 0.143. The van der Waals surface area contributed by atoms with E-state index in [0.29, 0.717) is 13.2 Å². The zero-order valence-corrected chi connectivity index (χ0v) is 10.3. The van der Waals surface area contributed by atoms with Crippen LogP contribution in [0.4, 0.5) is 5.69 Å². The summed E-state index contributed by atoms with van der Waals surface area (Å²) in [6.45, 7) is 0.933. The standard InChI is InChI=1S/C14H14N2O3/c15-8-9-19-14-6-4-11(5-7-14)12-2-1-3-13(10-12)16(17)18/h1-7,10H,8-9,15H2. The Morgan fingerprint density at radius 3 is 2.47 bits per heavy atom. The number of nitrogens with two attached hydrogens (primary N) is 1. The second-order valence-electron chi connectivity index (χ2n) is 3.97. The predicted octanol–water partition coefficient (Wildman–Crippen LogP) is 2.60. The summed E-state index contributed by atoms with van der Waals surface area (Å²) < 4.78 is 5.37. The van der Waals surface area contributed by atoms with Crippen LogP contribution in [0.15, 0.2) is 48.5 Å². The largest absolute Gasteiger partial charge is 0.492 e. The predicted molar refractivity (Wildman–Crippen MR) is 73.1 cm³/mol. The molecule has 0 bridgehead atoms. The molecule has 0 heterocycles. The quantitative estimate of drug-likeness (QED) is 0.660. The van der Waals surface area contributed by atoms with Crippen molar-refractivity contribution in [3.8, 4) is 16.9 Å². The van der Waals surface area contributed by atoms with Gasteiger partial charge in [-0.1, -0.05) is 24.3 Å². The first-order valence-electron chi connectivity index (χ1n) is 5.88. The summed E-state index contributed by atoms with van der Waals surface area (Å²) in [7, 11) is 0. The van der Waals surface area contributed by atoms with Gasteiger partial charge in [-0.05, 0) is 23.3 Å². The number of hydrogen-bond acceptors (Lipinski definition) is 4. The van der Waals surface area contributed by atoms with E-state index in [-0.39, 0.29) is 5.69 Å². The molecule has 0 aromatic heterocycles. The van der Waals surface area contributed by atoms with Crippen LogP contribution in [0, 0.1) is 10.1 Å². The molecule has 2 rings (SSSR count). The summed E-state index contributed by atoms with van der Waals surface area (Å²) >= 11 is 0. The van der Waals surface area contributed by atoms with E-state index in [1.54, 1.807) is 12.1 Å². The van der Waals surface area contributed by atoms with Crippen LogP contribution in [0.3, 0.4) is 0 Å². The topological polar surface area (TPSA) is 78.4 Å². The van der Waals surface area contributed by atoms with Crippen molar-refractivity contribution in [3.05, 3.63) is 58.6 Å². The average molecular weight is 258 g/mol. The number of hydrogen-bond donors (Lipinski definition) is 1. The molecule has 2 N–H and O–H groups in total. The van der Waals surface area contributed by atoms with Gasteiger partial charge in [0, 0.05) is 18.7 Å². The van der Waals surface area contributed by atoms with E-state index in [4.69, 9.17) is 10.5 Å². The maximum Gasteiger partial charge on any atom is 0.270 e. The van der Waals surface area contributed by atoms with E-state index < -0.39 is 4.92 Å². The minimum atomic E-state index is -0.401. The van der Waals surface area contributed by atoms with Crippen LogP contribution < -0.4 is 10.5 Å². The summed E-state index contributed by atoms with van der Waals surface area (Å²) in [5, 5.41) is 10.7. The van der Waals surface area contributed by atoms with E-state index in [1.807, 2.05) is 30.3 Å². The summed E-state index contributed by atoms with van der Waals surface area (Å²) in [5.41, 5.74) is 7.15. The number of nitro benzene ring substituents is 1. The molecular formula is C14H14N2O3. The van der Waals surface area contributed by atoms with Gasteiger partial charge in [0.05, 0.1) is 4.92 Å². The lowest BCUT2D eigenvalue weighted by atomic mass is 10.1. The number of rotatable bonds is 5. The van der Waals surface area contributed by atoms with Gasteiger partial charge in [-0.15, -0.1) is 0 Å². The van der Waals surface area contributed by atoms with Gasteiger partial charge in [0.25, 0.3) is 5.69 Å². The van der Waals surface area contributed by atoms with E-state index in [1.165, 1.54) is 6.07 Å². The van der Waals surface area contributed by atoms with Gasteiger partial charge in [0.15, 0.2) is 0 Å². The van der Waals surface area contributed by atoms with Crippen LogP contribution in [0.1, 0.15) is 0 Å². The van der Waals surface area contributed by atoms with E-state index >= 15 is 0 Å². The zero-order chi connectivity index (χ0) is 13.7. The third kappa shape index (κ3) is 3.29. The van der Waals surface area contributed by atoms with Crippen LogP contribution in [-0.2, 0) is 0 Å². The fourth-order valence-corrected chi connectivity index (χ4v) is 1.72. The lowest BCUT2D eigenvalue weighted by Crippen LogP contribution is -2.10. The first kappa shape index (κ1) is 13.0. The third-order valence-electron chi connectivity index (χ3n) is 2.63. The maximum atomic E-state index is 10.7. The lowest BCUT2D eigenvalue weighted by Gasteiger charge is -2.06. The molecule has 0 aliphatic carbocycles. The van der Waals surface area contributed by atoms with Gasteiger partial charge in [-0.25, -0.2) is 0 Å². The molecule has 0 fully saturated rings. The monoisotopic (exact) mass is 258 g/mol. The van der Waals surface area contributed by atoms with Crippen molar-refractivity contribution < 1.29 is 9.66 Å². The van der Waals surface area contributed by atoms with Crippen molar-refractivity contribution in [2.45, 2.75) is 0 Å². The minimum absolute atomic E-state index is 0.0842. The molecule has 19 heavy (non-hydrogen) atoms. The molecule has 5 heteroatoms. The molecule has 0 atom stereocenters. The Morgan fingerprint density at radius 2 is 1.84 bits per heavy atom. The number of ether oxygens (including phenoxy) is 1. The number of nitrogens with zero attached hydrogens (tertiary/aromatic N) is 1. The Kier molecular flexibility index (Phi) is 4.10. The Hall–Kier alpha value is -2.40. The second-order valence-corrected chi connectivity index (χ2v) is 3.97. The molecule has 2 aromatic carbocycles. The van der Waals surface area contributed by atoms with Crippen molar-refractivity contribution in [2.75, 3.05) is 13.2 Å². The summed E-state index contributed by atoms with van der Waals surface area (Å²) in [6, 6.07) is 13.9. The van der Waals surface area contributed by atoms with Crippen molar-refractivity contribution in [2.24, 2.45) is 5.73 Å². The van der Waals surface area contributed by atoms with Gasteiger partial charge >= 0.3 is 0 Å². The van der Waals surface area contributed by atoms with Gasteiger partial charge in [-0.2, -0.15) is 0 Å². The van der Waals surface area contributed by atoms with Crippen LogP contribution >= 0.6 is 0 Å². The average Bonchev–Trinajstić information content (AvgIpc) is 2.46. The first-order chi connectivity index (χ1) is 9.20. The highest BCUT2D eigenvalue weighted by Gasteiger charge is 2.06. The van der Waals surface area contributed by atoms with Crippen LogP contribution in [0.5, 0.6) is 5.75 Å². The smallest absolute Gasteiger partial charge is 0.270 e. The Morgan fingerprint density at radius 1 is 1.11 bits per heavy atom. The van der Waals surface area contributed by atoms with Gasteiger partial charge in [0.2, 0.25) is 0 Å². The van der Waals surface area contributed by atoms with Gasteiger partial charge in [0.1, 0.15) is 12.4 Å². The van der Waals surface area contributed by atoms with Gasteiger partial charge < -0.3 is 10.5 Å². The minimum Gasteiger partial charge on any atom is -0.492 e. The molecule has 0 saturated heterocycles. The molecular weight excluding hydrogens is 244 g/mol. The highest BCUT2D eigenvalue weighted by Crippen LogP contribution is 2.25. The van der Waals surface area contributed by atoms with E-state index in [9.17, 15) is 10.1 Å². The Labute approximate surface area is 110 Å². The summed E-state index contributed by atoms with van der Waals surface area (Å²) in [4.78, 5) is 10.3. The highest BCUT2D eigenvalue weighted by atomic mass is 16.6. The van der Waals surface area contributed by atoms with Crippen LogP contribution in [0.25, 0.3) is 11.1 Å². The highest BCUT2D eigenvalue weighted by molar-refractivity contribution is 5.66. The van der Waals surface area contributed by atoms with Crippen LogP contribution in [-0.4, -0.2) is 18.1 Å². The second kappa shape index (κ2) is 5.97. The fourth-order valence-electron chi connectivity index (χ4n) is 1.72. The van der Waals surface area contributed by atoms with Gasteiger partial charge in [-0.3, -0.25) is 10.1 Å². The molecule has 0 radical (unpaired) electrons. The molecule has 0 spiro atoms. The maximum absolute atomic E-state index is 10.7. The number of non-ortho nitro benzene ring substituents is 1. The first-order valence-corrected chi connectivity index (χ1v) is 5.88. The van der Waals surface area contributed by atoms with Crippen molar-refractivity contribution >= 4 is 5.69 Å². The van der Waals surface area contributed by atoms with E-state index in [2.05, 4.69) is 0 Å². The summed E-state index contributed by atoms with van der Waals surface area (Å²) in [6.07, 6.45) is 0. The Balaban J connectivity index is 2.22. The molecule has 0 saturated carbocycles. The Bertz CT molecular complexity index is 567. The molecule has 98 valence electrons. The number of nitro groups is 1. The van der Waals surface area contributed by atoms with Crippen molar-refractivity contribution in [1.29, 1.82) is 0 Å². The SMILES string of the molecule is NCCOc1ccc(-c2cccc([N+](=O)[O-])c2)cc1. The molecule has 2 aromatic rings. The van der Waals surface area contributed by atoms with Crippen molar-refractivity contribution in [3.63, 3.8) is 0 Å². The summed E-state index contributed by atoms with van der Waals surface area (Å²) in [5.74, 6) is 0.736. The van der Waals surface area contributed by atoms with Crippen LogP contribution in [0.2, 0.25) is 0 Å². The lowest BCUT2D eigenvalue weighted by molar-refractivity contribution is -0.384. The van der Waals surface area contributed by atoms with E-state index in [0.717, 1.165) is 16.9 Å². The van der Waals surface area contributed by atoms with Crippen molar-refractivity contribution in [1.82, 2.24) is 0 Å². The molecule has 0 amide bonds. The normalized spacial score (nSPS) is 10.2. The molecule has 0 unspecified atom stereocenters. The third-order valence-corrected chi connectivity index (χ3v) is 2.63. The molecule has 0 aliphatic heterocycles. The molecule has 0 aliphatic rings. The number of benzene rings is 2. The zero-order valence-electron chi connectivity index (χ0n) is 10.3.